The normalized spacial score (nSPS) is 38.3. The molecule has 3 atom stereocenters. The maximum Gasteiger partial charge on any atom is 0.330 e. The molecular weight excluding hydrogens is 176 g/mol. The Morgan fingerprint density at radius 3 is 2.86 bits per heavy atom. The van der Waals surface area contributed by atoms with Gasteiger partial charge >= 0.3 is 5.97 Å². The average molecular weight is 194 g/mol. The van der Waals surface area contributed by atoms with Gasteiger partial charge in [0, 0.05) is 11.5 Å². The predicted octanol–water partition coefficient (Wildman–Crippen LogP) is 2.54. The predicted molar refractivity (Wildman–Crippen MR) is 54.7 cm³/mol. The fourth-order valence-electron chi connectivity index (χ4n) is 3.33. The van der Waals surface area contributed by atoms with Crippen LogP contribution in [0, 0.1) is 17.3 Å². The maximum absolute atomic E-state index is 11.2. The first-order valence-corrected chi connectivity index (χ1v) is 5.40. The third-order valence-electron chi connectivity index (χ3n) is 4.06. The van der Waals surface area contributed by atoms with E-state index in [1.807, 2.05) is 0 Å². The van der Waals surface area contributed by atoms with Gasteiger partial charge in [-0.15, -0.1) is 0 Å². The third-order valence-corrected chi connectivity index (χ3v) is 4.06. The molecule has 78 valence electrons. The summed E-state index contributed by atoms with van der Waals surface area (Å²) in [5, 5.41) is 0. The Balaban J connectivity index is 2.05. The smallest absolute Gasteiger partial charge is 0.330 e. The van der Waals surface area contributed by atoms with Crippen molar-refractivity contribution in [3.8, 4) is 0 Å². The fraction of sp³-hybridized carbons (Fsp3) is 0.750. The van der Waals surface area contributed by atoms with Crippen molar-refractivity contribution in [2.24, 2.45) is 17.3 Å². The first-order valence-electron chi connectivity index (χ1n) is 5.40. The second-order valence-corrected chi connectivity index (χ2v) is 5.08. The van der Waals surface area contributed by atoms with Crippen molar-refractivity contribution in [2.45, 2.75) is 39.2 Å². The van der Waals surface area contributed by atoms with Crippen LogP contribution in [0.15, 0.2) is 12.7 Å². The number of carbonyl (C=O) groups excluding carboxylic acids is 1. The Morgan fingerprint density at radius 1 is 1.50 bits per heavy atom. The first kappa shape index (κ1) is 9.75. The van der Waals surface area contributed by atoms with E-state index in [1.54, 1.807) is 0 Å². The van der Waals surface area contributed by atoms with Crippen molar-refractivity contribution in [2.75, 3.05) is 0 Å². The molecule has 0 aromatic heterocycles. The van der Waals surface area contributed by atoms with E-state index in [9.17, 15) is 4.79 Å². The highest BCUT2D eigenvalue weighted by molar-refractivity contribution is 5.81. The zero-order valence-electron chi connectivity index (χ0n) is 8.95. The van der Waals surface area contributed by atoms with Crippen LogP contribution in [0.2, 0.25) is 0 Å². The van der Waals surface area contributed by atoms with Gasteiger partial charge in [-0.3, -0.25) is 0 Å². The van der Waals surface area contributed by atoms with Gasteiger partial charge in [-0.1, -0.05) is 26.8 Å². The van der Waals surface area contributed by atoms with E-state index in [4.69, 9.17) is 4.74 Å². The topological polar surface area (TPSA) is 26.3 Å². The second kappa shape index (κ2) is 3.11. The van der Waals surface area contributed by atoms with Crippen LogP contribution in [0.25, 0.3) is 0 Å². The van der Waals surface area contributed by atoms with E-state index in [1.165, 1.54) is 25.3 Å². The zero-order chi connectivity index (χ0) is 10.3. The van der Waals surface area contributed by atoms with Gasteiger partial charge in [0.15, 0.2) is 0 Å². The molecule has 2 heteroatoms. The summed E-state index contributed by atoms with van der Waals surface area (Å²) < 4.78 is 5.41. The van der Waals surface area contributed by atoms with Crippen molar-refractivity contribution in [3.63, 3.8) is 0 Å². The largest absolute Gasteiger partial charge is 0.458 e. The van der Waals surface area contributed by atoms with Gasteiger partial charge in [0.05, 0.1) is 0 Å². The molecule has 0 bridgehead atoms. The molecule has 0 saturated heterocycles. The standard InChI is InChI=1S/C12H18O2/c1-4-10(13)14-11-8-6-5-7-9(8)12(11,2)3/h4,8-9,11H,1,5-7H2,2-3H3. The lowest BCUT2D eigenvalue weighted by Crippen LogP contribution is -2.57. The summed E-state index contributed by atoms with van der Waals surface area (Å²) in [7, 11) is 0. The summed E-state index contributed by atoms with van der Waals surface area (Å²) in [4.78, 5) is 11.2. The average Bonchev–Trinajstić information content (AvgIpc) is 2.60. The highest BCUT2D eigenvalue weighted by Gasteiger charge is 2.59. The number of rotatable bonds is 2. The van der Waals surface area contributed by atoms with Crippen LogP contribution in [-0.4, -0.2) is 12.1 Å². The van der Waals surface area contributed by atoms with E-state index in [-0.39, 0.29) is 17.5 Å². The molecule has 14 heavy (non-hydrogen) atoms. The highest BCUT2D eigenvalue weighted by Crippen LogP contribution is 2.59. The molecule has 2 rings (SSSR count). The molecule has 2 aliphatic rings. The molecule has 0 aliphatic heterocycles. The minimum absolute atomic E-state index is 0.125. The van der Waals surface area contributed by atoms with Crippen LogP contribution < -0.4 is 0 Å². The van der Waals surface area contributed by atoms with Crippen molar-refractivity contribution in [1.29, 1.82) is 0 Å². The van der Waals surface area contributed by atoms with Crippen molar-refractivity contribution in [3.05, 3.63) is 12.7 Å². The Labute approximate surface area is 85.3 Å². The lowest BCUT2D eigenvalue weighted by atomic mass is 9.54. The number of ether oxygens (including phenoxy) is 1. The Hall–Kier alpha value is -0.790. The molecule has 0 radical (unpaired) electrons. The van der Waals surface area contributed by atoms with E-state index in [2.05, 4.69) is 20.4 Å². The third kappa shape index (κ3) is 1.20. The molecule has 0 amide bonds. The molecule has 2 fully saturated rings. The number of esters is 1. The summed E-state index contributed by atoms with van der Waals surface area (Å²) in [5.74, 6) is 1.12. The SMILES string of the molecule is C=CC(=O)OC1C2CCCC2C1(C)C. The minimum Gasteiger partial charge on any atom is -0.458 e. The van der Waals surface area contributed by atoms with Crippen LogP contribution in [0.1, 0.15) is 33.1 Å². The van der Waals surface area contributed by atoms with E-state index in [0.717, 1.165) is 5.92 Å². The summed E-state index contributed by atoms with van der Waals surface area (Å²) >= 11 is 0. The molecule has 0 spiro atoms. The van der Waals surface area contributed by atoms with Gasteiger partial charge in [-0.05, 0) is 24.7 Å². The maximum atomic E-state index is 11.2. The van der Waals surface area contributed by atoms with Crippen LogP contribution in [-0.2, 0) is 9.53 Å². The molecule has 0 aromatic carbocycles. The van der Waals surface area contributed by atoms with Gasteiger partial charge in [-0.25, -0.2) is 4.79 Å². The van der Waals surface area contributed by atoms with E-state index in [0.29, 0.717) is 5.92 Å². The highest BCUT2D eigenvalue weighted by atomic mass is 16.5. The first-order chi connectivity index (χ1) is 6.57. The Bertz CT molecular complexity index is 267. The molecule has 2 nitrogen and oxygen atoms in total. The summed E-state index contributed by atoms with van der Waals surface area (Å²) in [5.41, 5.74) is 0.180. The Kier molecular flexibility index (Phi) is 2.17. The minimum atomic E-state index is -0.270. The van der Waals surface area contributed by atoms with Crippen LogP contribution >= 0.6 is 0 Å². The molecular formula is C12H18O2. The number of hydrogen-bond donors (Lipinski definition) is 0. The second-order valence-electron chi connectivity index (χ2n) is 5.08. The van der Waals surface area contributed by atoms with Crippen LogP contribution in [0.5, 0.6) is 0 Å². The van der Waals surface area contributed by atoms with Gasteiger partial charge in [-0.2, -0.15) is 0 Å². The monoisotopic (exact) mass is 194 g/mol. The molecule has 0 N–H and O–H groups in total. The Morgan fingerprint density at radius 2 is 2.21 bits per heavy atom. The summed E-state index contributed by atoms with van der Waals surface area (Å²) in [6.45, 7) is 7.85. The molecule has 3 unspecified atom stereocenters. The lowest BCUT2D eigenvalue weighted by molar-refractivity contribution is -0.189. The number of carbonyl (C=O) groups is 1. The van der Waals surface area contributed by atoms with Gasteiger partial charge in [0.1, 0.15) is 6.10 Å². The van der Waals surface area contributed by atoms with Crippen molar-refractivity contribution < 1.29 is 9.53 Å². The van der Waals surface area contributed by atoms with Crippen molar-refractivity contribution >= 4 is 5.97 Å². The quantitative estimate of drug-likeness (QED) is 0.499. The van der Waals surface area contributed by atoms with Crippen LogP contribution in [0.3, 0.4) is 0 Å². The van der Waals surface area contributed by atoms with Gasteiger partial charge in [0.25, 0.3) is 0 Å². The molecule has 0 heterocycles. The number of hydrogen-bond acceptors (Lipinski definition) is 2. The van der Waals surface area contributed by atoms with Gasteiger partial charge in [0.2, 0.25) is 0 Å². The summed E-state index contributed by atoms with van der Waals surface area (Å²) in [6, 6.07) is 0. The van der Waals surface area contributed by atoms with E-state index >= 15 is 0 Å². The fourth-order valence-corrected chi connectivity index (χ4v) is 3.33. The van der Waals surface area contributed by atoms with Crippen LogP contribution in [0.4, 0.5) is 0 Å². The molecule has 2 saturated carbocycles. The van der Waals surface area contributed by atoms with Gasteiger partial charge < -0.3 is 4.74 Å². The summed E-state index contributed by atoms with van der Waals surface area (Å²) in [6.07, 6.45) is 5.21. The van der Waals surface area contributed by atoms with Crippen molar-refractivity contribution in [1.82, 2.24) is 0 Å². The lowest BCUT2D eigenvalue weighted by Gasteiger charge is -2.54. The zero-order valence-corrected chi connectivity index (χ0v) is 8.95. The molecule has 2 aliphatic carbocycles. The molecule has 0 aromatic rings. The van der Waals surface area contributed by atoms with E-state index < -0.39 is 0 Å². The number of fused-ring (bicyclic) bond motifs is 1.